The molecule has 0 saturated heterocycles. The summed E-state index contributed by atoms with van der Waals surface area (Å²) in [5, 5.41) is 11.2. The Kier molecular flexibility index (Phi) is 6.16. The molecule has 0 radical (unpaired) electrons. The van der Waals surface area contributed by atoms with Crippen molar-refractivity contribution in [2.75, 3.05) is 11.9 Å². The van der Waals surface area contributed by atoms with Crippen LogP contribution in [0.2, 0.25) is 0 Å². The van der Waals surface area contributed by atoms with E-state index >= 15 is 0 Å². The minimum absolute atomic E-state index is 0.0873. The number of amides is 2. The van der Waals surface area contributed by atoms with Gasteiger partial charge in [-0.1, -0.05) is 23.0 Å². The summed E-state index contributed by atoms with van der Waals surface area (Å²) in [7, 11) is 0. The van der Waals surface area contributed by atoms with Gasteiger partial charge in [-0.25, -0.2) is 4.98 Å². The van der Waals surface area contributed by atoms with Gasteiger partial charge >= 0.3 is 0 Å². The number of anilines is 1. The van der Waals surface area contributed by atoms with Gasteiger partial charge in [0.2, 0.25) is 5.91 Å². The summed E-state index contributed by atoms with van der Waals surface area (Å²) in [4.78, 5) is 29.3. The van der Waals surface area contributed by atoms with Gasteiger partial charge < -0.3 is 15.2 Å². The van der Waals surface area contributed by atoms with E-state index in [-0.39, 0.29) is 18.4 Å². The second-order valence-electron chi connectivity index (χ2n) is 6.46. The summed E-state index contributed by atoms with van der Waals surface area (Å²) in [6, 6.07) is 9.10. The zero-order valence-electron chi connectivity index (χ0n) is 16.2. The molecule has 1 aromatic carbocycles. The van der Waals surface area contributed by atoms with Crippen molar-refractivity contribution in [1.82, 2.24) is 15.5 Å². The predicted octanol–water partition coefficient (Wildman–Crippen LogP) is 4.62. The quantitative estimate of drug-likeness (QED) is 0.392. The summed E-state index contributed by atoms with van der Waals surface area (Å²) in [6.07, 6.45) is 0. The number of aryl methyl sites for hydroxylation is 2. The van der Waals surface area contributed by atoms with E-state index in [4.69, 9.17) is 4.52 Å². The van der Waals surface area contributed by atoms with E-state index < -0.39 is 0 Å². The standard InChI is InChI=1S/C20H18N4O3S3/c1-11-14(12(2)27-24-11)10-29-20-23-15-6-5-13(8-17(15)30-20)22-18(25)9-21-19(26)16-4-3-7-28-16/h3-8H,9-10H2,1-2H3,(H,21,26)(H,22,25). The molecule has 2 N–H and O–H groups in total. The summed E-state index contributed by atoms with van der Waals surface area (Å²) < 4.78 is 7.13. The zero-order valence-corrected chi connectivity index (χ0v) is 18.7. The first-order valence-electron chi connectivity index (χ1n) is 9.06. The first-order chi connectivity index (χ1) is 14.5. The second kappa shape index (κ2) is 8.99. The average Bonchev–Trinajstić information content (AvgIpc) is 3.45. The molecule has 0 unspecified atom stereocenters. The molecule has 0 spiro atoms. The predicted molar refractivity (Wildman–Crippen MR) is 120 cm³/mol. The number of fused-ring (bicyclic) bond motifs is 1. The van der Waals surface area contributed by atoms with E-state index in [0.29, 0.717) is 10.6 Å². The minimum Gasteiger partial charge on any atom is -0.361 e. The average molecular weight is 459 g/mol. The minimum atomic E-state index is -0.281. The normalized spacial score (nSPS) is 11.0. The smallest absolute Gasteiger partial charge is 0.261 e. The van der Waals surface area contributed by atoms with E-state index in [1.54, 1.807) is 35.2 Å². The van der Waals surface area contributed by atoms with Crippen LogP contribution in [0.15, 0.2) is 44.6 Å². The van der Waals surface area contributed by atoms with Gasteiger partial charge in [-0.15, -0.1) is 22.7 Å². The van der Waals surface area contributed by atoms with E-state index in [0.717, 1.165) is 37.3 Å². The Hall–Kier alpha value is -2.69. The summed E-state index contributed by atoms with van der Waals surface area (Å²) in [5.41, 5.74) is 3.54. The van der Waals surface area contributed by atoms with Crippen molar-refractivity contribution in [3.05, 3.63) is 57.6 Å². The fourth-order valence-electron chi connectivity index (χ4n) is 2.75. The number of hydrogen-bond donors (Lipinski definition) is 2. The molecule has 0 aliphatic carbocycles. The van der Waals surface area contributed by atoms with Gasteiger partial charge in [0.15, 0.2) is 4.34 Å². The zero-order chi connectivity index (χ0) is 21.1. The number of carbonyl (C=O) groups excluding carboxylic acids is 2. The number of thioether (sulfide) groups is 1. The van der Waals surface area contributed by atoms with Crippen molar-refractivity contribution in [3.63, 3.8) is 0 Å². The van der Waals surface area contributed by atoms with Crippen molar-refractivity contribution in [1.29, 1.82) is 0 Å². The van der Waals surface area contributed by atoms with E-state index in [1.807, 2.05) is 37.4 Å². The summed E-state index contributed by atoms with van der Waals surface area (Å²) in [5.74, 6) is 1.04. The van der Waals surface area contributed by atoms with Crippen LogP contribution < -0.4 is 10.6 Å². The van der Waals surface area contributed by atoms with Gasteiger partial charge in [0.1, 0.15) is 5.76 Å². The highest BCUT2D eigenvalue weighted by Gasteiger charge is 2.13. The molecule has 0 aliphatic heterocycles. The Morgan fingerprint density at radius 2 is 2.10 bits per heavy atom. The maximum absolute atomic E-state index is 12.2. The Morgan fingerprint density at radius 3 is 2.83 bits per heavy atom. The van der Waals surface area contributed by atoms with Gasteiger partial charge in [0.05, 0.1) is 27.3 Å². The van der Waals surface area contributed by atoms with E-state index in [1.165, 1.54) is 11.3 Å². The van der Waals surface area contributed by atoms with Crippen LogP contribution in [0, 0.1) is 13.8 Å². The second-order valence-corrected chi connectivity index (χ2v) is 9.66. The van der Waals surface area contributed by atoms with Crippen LogP contribution in [0.5, 0.6) is 0 Å². The maximum Gasteiger partial charge on any atom is 0.261 e. The number of nitrogens with zero attached hydrogens (tertiary/aromatic N) is 2. The number of hydrogen-bond acceptors (Lipinski definition) is 8. The highest BCUT2D eigenvalue weighted by molar-refractivity contribution is 8.00. The van der Waals surface area contributed by atoms with Crippen molar-refractivity contribution in [2.45, 2.75) is 23.9 Å². The van der Waals surface area contributed by atoms with Crippen LogP contribution in [0.4, 0.5) is 5.69 Å². The molecule has 4 rings (SSSR count). The third-order valence-electron chi connectivity index (χ3n) is 4.33. The van der Waals surface area contributed by atoms with Crippen molar-refractivity contribution in [3.8, 4) is 0 Å². The maximum atomic E-state index is 12.2. The van der Waals surface area contributed by atoms with E-state index in [2.05, 4.69) is 20.8 Å². The number of carbonyl (C=O) groups is 2. The molecule has 30 heavy (non-hydrogen) atoms. The number of aromatic nitrogens is 2. The lowest BCUT2D eigenvalue weighted by atomic mass is 10.2. The van der Waals surface area contributed by atoms with Gasteiger partial charge in [0.25, 0.3) is 5.91 Å². The Balaban J connectivity index is 1.36. The molecule has 10 heteroatoms. The molecule has 3 heterocycles. The number of benzene rings is 1. The van der Waals surface area contributed by atoms with Gasteiger partial charge in [-0.3, -0.25) is 9.59 Å². The fourth-order valence-corrected chi connectivity index (χ4v) is 5.65. The third-order valence-corrected chi connectivity index (χ3v) is 7.38. The monoisotopic (exact) mass is 458 g/mol. The SMILES string of the molecule is Cc1noc(C)c1CSc1nc2ccc(NC(=O)CNC(=O)c3cccs3)cc2s1. The van der Waals surface area contributed by atoms with Crippen LogP contribution in [-0.2, 0) is 10.5 Å². The van der Waals surface area contributed by atoms with Crippen LogP contribution in [0.1, 0.15) is 26.7 Å². The van der Waals surface area contributed by atoms with Crippen LogP contribution in [0.3, 0.4) is 0 Å². The number of rotatable bonds is 7. The molecule has 0 fully saturated rings. The number of thiazole rings is 1. The summed E-state index contributed by atoms with van der Waals surface area (Å²) >= 11 is 4.54. The Morgan fingerprint density at radius 1 is 1.23 bits per heavy atom. The van der Waals surface area contributed by atoms with Gasteiger partial charge in [-0.2, -0.15) is 0 Å². The molecular weight excluding hydrogens is 440 g/mol. The largest absolute Gasteiger partial charge is 0.361 e. The van der Waals surface area contributed by atoms with Crippen molar-refractivity contribution >= 4 is 62.2 Å². The van der Waals surface area contributed by atoms with E-state index in [9.17, 15) is 9.59 Å². The third kappa shape index (κ3) is 4.72. The molecule has 4 aromatic rings. The molecule has 7 nitrogen and oxygen atoms in total. The Labute approximate surface area is 184 Å². The van der Waals surface area contributed by atoms with Crippen LogP contribution in [0.25, 0.3) is 10.2 Å². The molecule has 0 atom stereocenters. The lowest BCUT2D eigenvalue weighted by molar-refractivity contribution is -0.115. The Bertz CT molecular complexity index is 1180. The fraction of sp³-hybridized carbons (Fsp3) is 0.200. The number of nitrogens with one attached hydrogen (secondary N) is 2. The first kappa shape index (κ1) is 20.6. The lowest BCUT2D eigenvalue weighted by Crippen LogP contribution is -2.32. The molecular formula is C20H18N4O3S3. The van der Waals surface area contributed by atoms with Crippen molar-refractivity contribution < 1.29 is 14.1 Å². The van der Waals surface area contributed by atoms with Gasteiger partial charge in [-0.05, 0) is 43.5 Å². The van der Waals surface area contributed by atoms with Crippen molar-refractivity contribution in [2.24, 2.45) is 0 Å². The van der Waals surface area contributed by atoms with Gasteiger partial charge in [0, 0.05) is 17.0 Å². The molecule has 2 amide bonds. The molecule has 3 aromatic heterocycles. The molecule has 0 bridgehead atoms. The topological polar surface area (TPSA) is 97.1 Å². The molecule has 0 saturated carbocycles. The number of thiophene rings is 1. The summed E-state index contributed by atoms with van der Waals surface area (Å²) in [6.45, 7) is 3.75. The molecule has 154 valence electrons. The first-order valence-corrected chi connectivity index (χ1v) is 11.7. The van der Waals surface area contributed by atoms with Crippen LogP contribution >= 0.6 is 34.4 Å². The lowest BCUT2D eigenvalue weighted by Gasteiger charge is -2.06. The van der Waals surface area contributed by atoms with Crippen LogP contribution in [-0.4, -0.2) is 28.5 Å². The highest BCUT2D eigenvalue weighted by Crippen LogP contribution is 2.34. The highest BCUT2D eigenvalue weighted by atomic mass is 32.2. The molecule has 0 aliphatic rings.